The van der Waals surface area contributed by atoms with Crippen LogP contribution in [-0.2, 0) is 0 Å². The molecule has 4 aromatic rings. The van der Waals surface area contributed by atoms with Gasteiger partial charge in [-0.05, 0) is 11.3 Å². The van der Waals surface area contributed by atoms with Crippen molar-refractivity contribution in [2.24, 2.45) is 0 Å². The van der Waals surface area contributed by atoms with Gasteiger partial charge in [-0.3, -0.25) is 0 Å². The van der Waals surface area contributed by atoms with Crippen LogP contribution in [0.15, 0.2) is 55.5 Å². The number of hydrogen-bond donors (Lipinski definition) is 0. The summed E-state index contributed by atoms with van der Waals surface area (Å²) in [4.78, 5) is 16.6. The highest BCUT2D eigenvalue weighted by Gasteiger charge is 2.18. The van der Waals surface area contributed by atoms with Gasteiger partial charge in [0.2, 0.25) is 0 Å². The van der Waals surface area contributed by atoms with Gasteiger partial charge in [-0.1, -0.05) is 18.2 Å². The summed E-state index contributed by atoms with van der Waals surface area (Å²) in [6.45, 7) is 0. The third-order valence-electron chi connectivity index (χ3n) is 3.28. The first-order valence-electron chi connectivity index (χ1n) is 6.97. The smallest absolute Gasteiger partial charge is 0.183 e. The average molecular weight is 315 g/mol. The van der Waals surface area contributed by atoms with Crippen molar-refractivity contribution >= 4 is 0 Å². The summed E-state index contributed by atoms with van der Waals surface area (Å²) in [5, 5.41) is 19.5. The summed E-state index contributed by atoms with van der Waals surface area (Å²) in [5.41, 5.74) is 2.90. The molecule has 0 atom stereocenters. The molecule has 0 unspecified atom stereocenters. The number of rotatable bonds is 3. The Labute approximate surface area is 135 Å². The predicted molar refractivity (Wildman–Crippen MR) is 82.9 cm³/mol. The Morgan fingerprint density at radius 2 is 1.54 bits per heavy atom. The van der Waals surface area contributed by atoms with Crippen molar-refractivity contribution in [2.75, 3.05) is 0 Å². The lowest BCUT2D eigenvalue weighted by atomic mass is 9.97. The molecule has 0 saturated carbocycles. The molecule has 0 amide bonds. The third-order valence-corrected chi connectivity index (χ3v) is 3.28. The van der Waals surface area contributed by atoms with Crippen LogP contribution in [0.25, 0.3) is 34.0 Å². The summed E-state index contributed by atoms with van der Waals surface area (Å²) in [6, 6.07) is 7.44. The lowest BCUT2D eigenvalue weighted by Crippen LogP contribution is -2.00. The Balaban J connectivity index is 2.02. The zero-order chi connectivity index (χ0) is 16.2. The molecule has 24 heavy (non-hydrogen) atoms. The molecule has 0 saturated heterocycles. The summed E-state index contributed by atoms with van der Waals surface area (Å²) >= 11 is 0. The minimum absolute atomic E-state index is 0.446. The molecule has 0 aliphatic carbocycles. The van der Waals surface area contributed by atoms with E-state index in [1.165, 1.54) is 18.9 Å². The highest BCUT2D eigenvalue weighted by atomic mass is 15.3. The summed E-state index contributed by atoms with van der Waals surface area (Å²) in [5.74, 6) is 0.957. The molecule has 0 bridgehead atoms. The fourth-order valence-corrected chi connectivity index (χ4v) is 2.32. The molecule has 3 aromatic heterocycles. The zero-order valence-corrected chi connectivity index (χ0v) is 12.2. The van der Waals surface area contributed by atoms with E-state index in [1.807, 2.05) is 18.2 Å². The second kappa shape index (κ2) is 6.16. The Morgan fingerprint density at radius 1 is 0.667 bits per heavy atom. The molecular formula is C15H9N9. The van der Waals surface area contributed by atoms with Crippen molar-refractivity contribution in [2.45, 2.75) is 0 Å². The average Bonchev–Trinajstić information content (AvgIpc) is 2.69. The van der Waals surface area contributed by atoms with E-state index in [4.69, 9.17) is 0 Å². The second-order valence-corrected chi connectivity index (χ2v) is 4.66. The van der Waals surface area contributed by atoms with E-state index in [1.54, 1.807) is 18.5 Å². The maximum Gasteiger partial charge on any atom is 0.183 e. The minimum atomic E-state index is 0.446. The van der Waals surface area contributed by atoms with E-state index in [2.05, 4.69) is 45.5 Å². The molecule has 0 aliphatic heterocycles. The van der Waals surface area contributed by atoms with Gasteiger partial charge < -0.3 is 0 Å². The maximum absolute atomic E-state index is 4.31. The molecule has 4 rings (SSSR count). The number of aromatic nitrogens is 9. The van der Waals surface area contributed by atoms with E-state index in [0.29, 0.717) is 17.3 Å². The monoisotopic (exact) mass is 315 g/mol. The Bertz CT molecular complexity index is 888. The first-order valence-corrected chi connectivity index (χ1v) is 6.97. The molecule has 9 nitrogen and oxygen atoms in total. The standard InChI is InChI=1S/C15H9N9/c1-2-10(12-4-5-21-24-22-12)13(15-17-6-7-20-23-15)11(3-1)14-18-8-16-9-19-14/h1-9H. The van der Waals surface area contributed by atoms with Gasteiger partial charge in [0.25, 0.3) is 0 Å². The molecular weight excluding hydrogens is 306 g/mol. The molecule has 9 heteroatoms. The lowest BCUT2D eigenvalue weighted by molar-refractivity contribution is 0.870. The van der Waals surface area contributed by atoms with Crippen LogP contribution in [0.1, 0.15) is 0 Å². The van der Waals surface area contributed by atoms with E-state index in [9.17, 15) is 0 Å². The van der Waals surface area contributed by atoms with Crippen molar-refractivity contribution in [3.05, 3.63) is 55.5 Å². The van der Waals surface area contributed by atoms with Crippen LogP contribution in [0.3, 0.4) is 0 Å². The SMILES string of the molecule is c1cc(-c2ccnnn2)c(-c2nccnn2)c(-c2ncncn2)c1. The van der Waals surface area contributed by atoms with Gasteiger partial charge in [-0.2, -0.15) is 5.10 Å². The van der Waals surface area contributed by atoms with Crippen LogP contribution in [0.2, 0.25) is 0 Å². The van der Waals surface area contributed by atoms with Crippen LogP contribution < -0.4 is 0 Å². The van der Waals surface area contributed by atoms with E-state index in [-0.39, 0.29) is 0 Å². The summed E-state index contributed by atoms with van der Waals surface area (Å²) < 4.78 is 0. The highest BCUT2D eigenvalue weighted by Crippen LogP contribution is 2.35. The van der Waals surface area contributed by atoms with Gasteiger partial charge >= 0.3 is 0 Å². The maximum atomic E-state index is 4.31. The van der Waals surface area contributed by atoms with E-state index < -0.39 is 0 Å². The quantitative estimate of drug-likeness (QED) is 0.550. The fraction of sp³-hybridized carbons (Fsp3) is 0. The molecule has 0 fully saturated rings. The molecule has 114 valence electrons. The number of hydrogen-bond acceptors (Lipinski definition) is 9. The third kappa shape index (κ3) is 2.54. The minimum Gasteiger partial charge on any atom is -0.233 e. The van der Waals surface area contributed by atoms with Gasteiger partial charge in [-0.15, -0.1) is 15.3 Å². The summed E-state index contributed by atoms with van der Waals surface area (Å²) in [6.07, 6.45) is 7.55. The fourth-order valence-electron chi connectivity index (χ4n) is 2.32. The van der Waals surface area contributed by atoms with Crippen LogP contribution >= 0.6 is 0 Å². The van der Waals surface area contributed by atoms with Crippen molar-refractivity contribution in [3.63, 3.8) is 0 Å². The van der Waals surface area contributed by atoms with E-state index in [0.717, 1.165) is 16.7 Å². The normalized spacial score (nSPS) is 10.5. The van der Waals surface area contributed by atoms with Gasteiger partial charge in [0.1, 0.15) is 12.7 Å². The molecule has 0 N–H and O–H groups in total. The Morgan fingerprint density at radius 3 is 2.29 bits per heavy atom. The summed E-state index contributed by atoms with van der Waals surface area (Å²) in [7, 11) is 0. The Kier molecular flexibility index (Phi) is 3.57. The molecule has 3 heterocycles. The molecule has 0 spiro atoms. The lowest BCUT2D eigenvalue weighted by Gasteiger charge is -2.11. The van der Waals surface area contributed by atoms with Crippen LogP contribution in [0.5, 0.6) is 0 Å². The second-order valence-electron chi connectivity index (χ2n) is 4.66. The topological polar surface area (TPSA) is 116 Å². The highest BCUT2D eigenvalue weighted by molar-refractivity contribution is 5.89. The van der Waals surface area contributed by atoms with Crippen LogP contribution in [0, 0.1) is 0 Å². The van der Waals surface area contributed by atoms with Crippen molar-refractivity contribution in [3.8, 4) is 34.0 Å². The van der Waals surface area contributed by atoms with Crippen molar-refractivity contribution in [1.82, 2.24) is 45.5 Å². The number of nitrogens with zero attached hydrogens (tertiary/aromatic N) is 9. The van der Waals surface area contributed by atoms with Gasteiger partial charge in [0, 0.05) is 22.9 Å². The van der Waals surface area contributed by atoms with Crippen molar-refractivity contribution in [1.29, 1.82) is 0 Å². The van der Waals surface area contributed by atoms with Crippen molar-refractivity contribution < 1.29 is 0 Å². The van der Waals surface area contributed by atoms with Gasteiger partial charge in [0.05, 0.1) is 18.1 Å². The number of benzene rings is 1. The predicted octanol–water partition coefficient (Wildman–Crippen LogP) is 1.24. The van der Waals surface area contributed by atoms with Gasteiger partial charge in [0.15, 0.2) is 11.6 Å². The van der Waals surface area contributed by atoms with Crippen LogP contribution in [-0.4, -0.2) is 45.5 Å². The Hall–Kier alpha value is -3.75. The zero-order valence-electron chi connectivity index (χ0n) is 12.2. The first-order chi connectivity index (χ1) is 11.9. The molecule has 0 radical (unpaired) electrons. The largest absolute Gasteiger partial charge is 0.233 e. The molecule has 1 aromatic carbocycles. The van der Waals surface area contributed by atoms with E-state index >= 15 is 0 Å². The van der Waals surface area contributed by atoms with Gasteiger partial charge in [-0.25, -0.2) is 19.9 Å². The molecule has 0 aliphatic rings. The van der Waals surface area contributed by atoms with Crippen LogP contribution in [0.4, 0.5) is 0 Å². The first kappa shape index (κ1) is 13.9.